The highest BCUT2D eigenvalue weighted by molar-refractivity contribution is 6.02. The van der Waals surface area contributed by atoms with E-state index in [1.165, 1.54) is 17.2 Å². The van der Waals surface area contributed by atoms with Crippen molar-refractivity contribution in [3.05, 3.63) is 52.3 Å². The number of carbonyl (C=O) groups excluding carboxylic acids is 1. The molecule has 1 aromatic rings. The smallest absolute Gasteiger partial charge is 0.354 e. The molecule has 1 aromatic heterocycles. The summed E-state index contributed by atoms with van der Waals surface area (Å²) >= 11 is 0. The van der Waals surface area contributed by atoms with Gasteiger partial charge in [0.15, 0.2) is 12.3 Å². The predicted molar refractivity (Wildman–Crippen MR) is 94.2 cm³/mol. The average Bonchev–Trinajstić information content (AvgIpc) is 2.96. The van der Waals surface area contributed by atoms with Gasteiger partial charge in [0.2, 0.25) is 5.88 Å². The van der Waals surface area contributed by atoms with Gasteiger partial charge in [-0.15, -0.1) is 0 Å². The maximum Gasteiger partial charge on any atom is 0.354 e. The SMILES string of the molecule is CC1=C(OCC(C)(F)F)NNC(C(C)N2Cc3c(ccnc3C(=O)O)C2=O)=C1. The summed E-state index contributed by atoms with van der Waals surface area (Å²) in [5, 5.41) is 9.28. The summed E-state index contributed by atoms with van der Waals surface area (Å²) in [6.07, 6.45) is 2.99. The van der Waals surface area contributed by atoms with Crippen molar-refractivity contribution in [3.8, 4) is 0 Å². The van der Waals surface area contributed by atoms with Crippen molar-refractivity contribution in [2.75, 3.05) is 6.61 Å². The molecule has 8 nitrogen and oxygen atoms in total. The molecule has 28 heavy (non-hydrogen) atoms. The number of pyridine rings is 1. The minimum absolute atomic E-state index is 0.109. The van der Waals surface area contributed by atoms with Crippen molar-refractivity contribution in [3.63, 3.8) is 0 Å². The maximum absolute atomic E-state index is 13.0. The minimum Gasteiger partial charge on any atom is -0.477 e. The fourth-order valence-electron chi connectivity index (χ4n) is 3.05. The van der Waals surface area contributed by atoms with E-state index in [1.54, 1.807) is 19.9 Å². The number of halogens is 2. The van der Waals surface area contributed by atoms with Crippen molar-refractivity contribution < 1.29 is 28.2 Å². The number of nitrogens with one attached hydrogen (secondary N) is 2. The van der Waals surface area contributed by atoms with Gasteiger partial charge in [0.25, 0.3) is 11.8 Å². The van der Waals surface area contributed by atoms with E-state index in [0.29, 0.717) is 22.4 Å². The molecule has 3 rings (SSSR count). The molecule has 0 fully saturated rings. The van der Waals surface area contributed by atoms with Crippen molar-refractivity contribution in [1.29, 1.82) is 0 Å². The molecule has 0 radical (unpaired) electrons. The van der Waals surface area contributed by atoms with Crippen LogP contribution in [0.2, 0.25) is 0 Å². The van der Waals surface area contributed by atoms with Gasteiger partial charge in [-0.3, -0.25) is 10.2 Å². The lowest BCUT2D eigenvalue weighted by Crippen LogP contribution is -2.45. The van der Waals surface area contributed by atoms with E-state index >= 15 is 0 Å². The number of amides is 1. The number of alkyl halides is 2. The van der Waals surface area contributed by atoms with Crippen LogP contribution >= 0.6 is 0 Å². The molecule has 3 N–H and O–H groups in total. The molecule has 0 bridgehead atoms. The summed E-state index contributed by atoms with van der Waals surface area (Å²) in [7, 11) is 0. The van der Waals surface area contributed by atoms with E-state index in [4.69, 9.17) is 4.74 Å². The zero-order valence-electron chi connectivity index (χ0n) is 15.5. The molecule has 10 heteroatoms. The Morgan fingerprint density at radius 2 is 2.18 bits per heavy atom. The summed E-state index contributed by atoms with van der Waals surface area (Å²) in [5.41, 5.74) is 7.31. The molecule has 2 aliphatic rings. The lowest BCUT2D eigenvalue weighted by molar-refractivity contribution is -0.0484. The van der Waals surface area contributed by atoms with Gasteiger partial charge in [-0.05, 0) is 26.0 Å². The van der Waals surface area contributed by atoms with Crippen LogP contribution in [-0.4, -0.2) is 45.4 Å². The van der Waals surface area contributed by atoms with Crippen LogP contribution in [0.4, 0.5) is 8.78 Å². The molecule has 0 saturated carbocycles. The molecule has 3 heterocycles. The zero-order valence-corrected chi connectivity index (χ0v) is 15.5. The lowest BCUT2D eigenvalue weighted by Gasteiger charge is -2.31. The van der Waals surface area contributed by atoms with Gasteiger partial charge in [-0.2, -0.15) is 0 Å². The third kappa shape index (κ3) is 3.75. The Morgan fingerprint density at radius 3 is 2.79 bits per heavy atom. The second-order valence-electron chi connectivity index (χ2n) is 6.82. The van der Waals surface area contributed by atoms with Gasteiger partial charge in [-0.1, -0.05) is 0 Å². The molecule has 0 saturated heterocycles. The maximum atomic E-state index is 13.0. The number of rotatable bonds is 6. The number of allylic oxidation sites excluding steroid dienone is 2. The van der Waals surface area contributed by atoms with E-state index in [1.807, 2.05) is 0 Å². The Morgan fingerprint density at radius 1 is 1.46 bits per heavy atom. The number of carbonyl (C=O) groups is 2. The number of ether oxygens (including phenoxy) is 1. The quantitative estimate of drug-likeness (QED) is 0.678. The number of carboxylic acid groups (broad SMARTS) is 1. The average molecular weight is 394 g/mol. The second-order valence-corrected chi connectivity index (χ2v) is 6.82. The first-order chi connectivity index (χ1) is 13.1. The number of carboxylic acids is 1. The lowest BCUT2D eigenvalue weighted by atomic mass is 10.1. The molecule has 0 aliphatic carbocycles. The number of hydrazine groups is 1. The van der Waals surface area contributed by atoms with Gasteiger partial charge in [-0.25, -0.2) is 18.6 Å². The molecular formula is C18H20F2N4O4. The minimum atomic E-state index is -2.96. The first kappa shape index (κ1) is 19.6. The first-order valence-electron chi connectivity index (χ1n) is 8.55. The van der Waals surface area contributed by atoms with Crippen molar-refractivity contribution in [1.82, 2.24) is 20.7 Å². The summed E-state index contributed by atoms with van der Waals surface area (Å²) < 4.78 is 31.0. The van der Waals surface area contributed by atoms with Gasteiger partial charge in [0, 0.05) is 36.4 Å². The number of hydrogen-bond acceptors (Lipinski definition) is 6. The van der Waals surface area contributed by atoms with Gasteiger partial charge in [0.05, 0.1) is 11.7 Å². The third-order valence-corrected chi connectivity index (χ3v) is 4.52. The van der Waals surface area contributed by atoms with E-state index < -0.39 is 24.5 Å². The fraction of sp³-hybridized carbons (Fsp3) is 0.389. The van der Waals surface area contributed by atoms with Gasteiger partial charge in [0.1, 0.15) is 0 Å². The van der Waals surface area contributed by atoms with Crippen molar-refractivity contribution in [2.45, 2.75) is 39.3 Å². The largest absolute Gasteiger partial charge is 0.477 e. The van der Waals surface area contributed by atoms with Gasteiger partial charge < -0.3 is 20.2 Å². The van der Waals surface area contributed by atoms with E-state index in [2.05, 4.69) is 15.8 Å². The van der Waals surface area contributed by atoms with E-state index in [-0.39, 0.29) is 24.0 Å². The van der Waals surface area contributed by atoms with Crippen LogP contribution in [0, 0.1) is 0 Å². The first-order valence-corrected chi connectivity index (χ1v) is 8.55. The Hall–Kier alpha value is -3.17. The highest BCUT2D eigenvalue weighted by atomic mass is 19.3. The highest BCUT2D eigenvalue weighted by Gasteiger charge is 2.36. The molecule has 150 valence electrons. The number of aromatic carboxylic acids is 1. The van der Waals surface area contributed by atoms with Crippen LogP contribution in [0.25, 0.3) is 0 Å². The zero-order chi connectivity index (χ0) is 20.6. The monoisotopic (exact) mass is 394 g/mol. The normalized spacial score (nSPS) is 17.5. The number of fused-ring (bicyclic) bond motifs is 1. The second kappa shape index (κ2) is 7.10. The molecular weight excluding hydrogens is 374 g/mol. The van der Waals surface area contributed by atoms with Crippen LogP contribution < -0.4 is 10.9 Å². The summed E-state index contributed by atoms with van der Waals surface area (Å²) in [5.74, 6) is -4.28. The van der Waals surface area contributed by atoms with E-state index in [9.17, 15) is 23.5 Å². The molecule has 1 unspecified atom stereocenters. The van der Waals surface area contributed by atoms with Crippen LogP contribution in [0.1, 0.15) is 47.2 Å². The number of aromatic nitrogens is 1. The molecule has 1 amide bonds. The highest BCUT2D eigenvalue weighted by Crippen LogP contribution is 2.29. The number of hydrogen-bond donors (Lipinski definition) is 3. The Bertz CT molecular complexity index is 892. The third-order valence-electron chi connectivity index (χ3n) is 4.52. The van der Waals surface area contributed by atoms with Crippen LogP contribution in [0.15, 0.2) is 35.5 Å². The van der Waals surface area contributed by atoms with Crippen molar-refractivity contribution >= 4 is 11.9 Å². The Kier molecular flexibility index (Phi) is 4.97. The summed E-state index contributed by atoms with van der Waals surface area (Å²) in [4.78, 5) is 29.4. The topological polar surface area (TPSA) is 104 Å². The van der Waals surface area contributed by atoms with Gasteiger partial charge >= 0.3 is 5.97 Å². The molecule has 1 atom stereocenters. The molecule has 2 aliphatic heterocycles. The summed E-state index contributed by atoms with van der Waals surface area (Å²) in [6.45, 7) is 3.57. The number of nitrogens with zero attached hydrogens (tertiary/aromatic N) is 2. The van der Waals surface area contributed by atoms with E-state index in [0.717, 1.165) is 6.92 Å². The van der Waals surface area contributed by atoms with Crippen LogP contribution in [0.3, 0.4) is 0 Å². The van der Waals surface area contributed by atoms with Crippen molar-refractivity contribution in [2.24, 2.45) is 0 Å². The standard InChI is InChI=1S/C18H20F2N4O4/c1-9-6-13(22-23-15(9)28-8-18(3,19)20)10(2)24-7-12-11(16(24)25)4-5-21-14(12)17(26)27/h4-6,10,22-23H,7-8H2,1-3H3,(H,26,27). The van der Waals surface area contributed by atoms with Crippen LogP contribution in [-0.2, 0) is 11.3 Å². The van der Waals surface area contributed by atoms with Crippen LogP contribution in [0.5, 0.6) is 0 Å². The Labute approximate surface area is 159 Å². The fourth-order valence-corrected chi connectivity index (χ4v) is 3.05. The molecule has 0 spiro atoms. The Balaban J connectivity index is 1.79. The summed E-state index contributed by atoms with van der Waals surface area (Å²) in [6, 6.07) is 1.07. The predicted octanol–water partition coefficient (Wildman–Crippen LogP) is 2.02. The molecule has 0 aromatic carbocycles.